The molecule has 1 aliphatic rings. The molecule has 1 atom stereocenters. The van der Waals surface area contributed by atoms with Gasteiger partial charge in [-0.1, -0.05) is 6.07 Å². The van der Waals surface area contributed by atoms with Crippen LogP contribution < -0.4 is 0 Å². The standard InChI is InChI=1S/C14H18FN3O2S/c1-12(10-16)11-17-5-7-18(8-6-17)21(19,20)14-4-2-3-13(15)9-14/h2-4,9,12H,5-8,11H2,1H3/t12-/m0/s1. The number of hydrogen-bond acceptors (Lipinski definition) is 4. The number of hydrogen-bond donors (Lipinski definition) is 0. The van der Waals surface area contributed by atoms with Crippen molar-refractivity contribution in [3.05, 3.63) is 30.1 Å². The van der Waals surface area contributed by atoms with Crippen LogP contribution in [0.5, 0.6) is 0 Å². The SMILES string of the molecule is C[C@@H](C#N)CN1CCN(S(=O)(=O)c2cccc(F)c2)CC1. The summed E-state index contributed by atoms with van der Waals surface area (Å²) >= 11 is 0. The average Bonchev–Trinajstić information content (AvgIpc) is 2.47. The maximum absolute atomic E-state index is 13.2. The molecule has 0 aromatic heterocycles. The summed E-state index contributed by atoms with van der Waals surface area (Å²) in [6.45, 7) is 4.37. The minimum atomic E-state index is -3.64. The first-order valence-corrected chi connectivity index (χ1v) is 8.25. The van der Waals surface area contributed by atoms with Gasteiger partial charge in [-0.2, -0.15) is 9.57 Å². The van der Waals surface area contributed by atoms with Crippen molar-refractivity contribution in [1.82, 2.24) is 9.21 Å². The van der Waals surface area contributed by atoms with E-state index in [2.05, 4.69) is 11.0 Å². The molecule has 0 N–H and O–H groups in total. The fraction of sp³-hybridized carbons (Fsp3) is 0.500. The lowest BCUT2D eigenvalue weighted by molar-refractivity contribution is 0.178. The van der Waals surface area contributed by atoms with Crippen molar-refractivity contribution >= 4 is 10.0 Å². The third kappa shape index (κ3) is 3.79. The van der Waals surface area contributed by atoms with E-state index in [0.717, 1.165) is 6.07 Å². The zero-order valence-corrected chi connectivity index (χ0v) is 12.7. The summed E-state index contributed by atoms with van der Waals surface area (Å²) in [5.74, 6) is -0.631. The fourth-order valence-corrected chi connectivity index (χ4v) is 3.81. The number of nitriles is 1. The van der Waals surface area contributed by atoms with Crippen LogP contribution in [0, 0.1) is 23.1 Å². The quantitative estimate of drug-likeness (QED) is 0.840. The number of benzene rings is 1. The largest absolute Gasteiger partial charge is 0.299 e. The van der Waals surface area contributed by atoms with Gasteiger partial charge in [-0.05, 0) is 25.1 Å². The third-order valence-corrected chi connectivity index (χ3v) is 5.41. The summed E-state index contributed by atoms with van der Waals surface area (Å²) < 4.78 is 39.4. The Hall–Kier alpha value is -1.49. The molecule has 7 heteroatoms. The highest BCUT2D eigenvalue weighted by atomic mass is 32.2. The topological polar surface area (TPSA) is 64.4 Å². The van der Waals surface area contributed by atoms with Crippen LogP contribution in [0.3, 0.4) is 0 Å². The molecular formula is C14H18FN3O2S. The summed E-state index contributed by atoms with van der Waals surface area (Å²) in [7, 11) is -3.64. The highest BCUT2D eigenvalue weighted by molar-refractivity contribution is 7.89. The molecule has 1 aliphatic heterocycles. The van der Waals surface area contributed by atoms with Gasteiger partial charge in [0.1, 0.15) is 5.82 Å². The second-order valence-electron chi connectivity index (χ2n) is 5.19. The van der Waals surface area contributed by atoms with Crippen molar-refractivity contribution in [2.45, 2.75) is 11.8 Å². The van der Waals surface area contributed by atoms with Crippen molar-refractivity contribution in [2.24, 2.45) is 5.92 Å². The van der Waals surface area contributed by atoms with E-state index >= 15 is 0 Å². The van der Waals surface area contributed by atoms with Crippen LogP contribution in [-0.2, 0) is 10.0 Å². The average molecular weight is 311 g/mol. The lowest BCUT2D eigenvalue weighted by Gasteiger charge is -2.34. The van der Waals surface area contributed by atoms with Gasteiger partial charge < -0.3 is 0 Å². The predicted octanol–water partition coefficient (Wildman–Crippen LogP) is 1.29. The van der Waals surface area contributed by atoms with E-state index in [4.69, 9.17) is 5.26 Å². The Bertz CT molecular complexity index is 634. The van der Waals surface area contributed by atoms with Crippen LogP contribution in [0.4, 0.5) is 4.39 Å². The number of rotatable bonds is 4. The Morgan fingerprint density at radius 2 is 2.00 bits per heavy atom. The fourth-order valence-electron chi connectivity index (χ4n) is 2.36. The molecule has 1 aromatic carbocycles. The van der Waals surface area contributed by atoms with E-state index in [1.807, 2.05) is 6.92 Å². The van der Waals surface area contributed by atoms with E-state index in [1.165, 1.54) is 22.5 Å². The Balaban J connectivity index is 2.03. The molecular weight excluding hydrogens is 293 g/mol. The lowest BCUT2D eigenvalue weighted by Crippen LogP contribution is -2.49. The van der Waals surface area contributed by atoms with Crippen molar-refractivity contribution in [1.29, 1.82) is 5.26 Å². The van der Waals surface area contributed by atoms with Gasteiger partial charge >= 0.3 is 0 Å². The van der Waals surface area contributed by atoms with Crippen LogP contribution in [0.25, 0.3) is 0 Å². The molecule has 0 spiro atoms. The van der Waals surface area contributed by atoms with Gasteiger partial charge in [0.25, 0.3) is 0 Å². The van der Waals surface area contributed by atoms with Gasteiger partial charge in [0.15, 0.2) is 0 Å². The van der Waals surface area contributed by atoms with Gasteiger partial charge in [0, 0.05) is 32.7 Å². The van der Waals surface area contributed by atoms with Crippen molar-refractivity contribution in [3.8, 4) is 6.07 Å². The molecule has 0 saturated carbocycles. The van der Waals surface area contributed by atoms with Crippen LogP contribution >= 0.6 is 0 Å². The first kappa shape index (κ1) is 15.9. The Kier molecular flexibility index (Phi) is 4.93. The van der Waals surface area contributed by atoms with Crippen molar-refractivity contribution in [2.75, 3.05) is 32.7 Å². The van der Waals surface area contributed by atoms with Crippen LogP contribution in [0.2, 0.25) is 0 Å². The lowest BCUT2D eigenvalue weighted by atomic mass is 10.2. The summed E-state index contributed by atoms with van der Waals surface area (Å²) in [5.41, 5.74) is 0. The molecule has 0 amide bonds. The van der Waals surface area contributed by atoms with Crippen LogP contribution in [0.1, 0.15) is 6.92 Å². The van der Waals surface area contributed by atoms with Gasteiger partial charge in [0.05, 0.1) is 16.9 Å². The number of piperazine rings is 1. The molecule has 1 heterocycles. The normalized spacial score (nSPS) is 19.1. The van der Waals surface area contributed by atoms with Crippen molar-refractivity contribution < 1.29 is 12.8 Å². The number of sulfonamides is 1. The molecule has 1 fully saturated rings. The van der Waals surface area contributed by atoms with E-state index in [-0.39, 0.29) is 10.8 Å². The summed E-state index contributed by atoms with van der Waals surface area (Å²) in [6, 6.07) is 7.24. The Labute approximate surface area is 124 Å². The molecule has 0 radical (unpaired) electrons. The predicted molar refractivity (Wildman–Crippen MR) is 76.4 cm³/mol. The van der Waals surface area contributed by atoms with Crippen molar-refractivity contribution in [3.63, 3.8) is 0 Å². The van der Waals surface area contributed by atoms with Gasteiger partial charge in [-0.15, -0.1) is 0 Å². The Morgan fingerprint density at radius 1 is 1.33 bits per heavy atom. The van der Waals surface area contributed by atoms with Gasteiger partial charge in [-0.3, -0.25) is 4.90 Å². The smallest absolute Gasteiger partial charge is 0.243 e. The highest BCUT2D eigenvalue weighted by Crippen LogP contribution is 2.18. The minimum Gasteiger partial charge on any atom is -0.299 e. The maximum atomic E-state index is 13.2. The third-order valence-electron chi connectivity index (χ3n) is 3.52. The zero-order valence-electron chi connectivity index (χ0n) is 11.9. The molecule has 5 nitrogen and oxygen atoms in total. The second-order valence-corrected chi connectivity index (χ2v) is 7.13. The molecule has 21 heavy (non-hydrogen) atoms. The van der Waals surface area contributed by atoms with E-state index in [9.17, 15) is 12.8 Å². The monoisotopic (exact) mass is 311 g/mol. The molecule has 1 aromatic rings. The Morgan fingerprint density at radius 3 is 2.57 bits per heavy atom. The highest BCUT2D eigenvalue weighted by Gasteiger charge is 2.28. The minimum absolute atomic E-state index is 0.0126. The molecule has 1 saturated heterocycles. The van der Waals surface area contributed by atoms with Gasteiger partial charge in [-0.25, -0.2) is 12.8 Å². The molecule has 0 aliphatic carbocycles. The van der Waals surface area contributed by atoms with Gasteiger partial charge in [0.2, 0.25) is 10.0 Å². The molecule has 0 bridgehead atoms. The molecule has 2 rings (SSSR count). The first-order chi connectivity index (χ1) is 9.93. The molecule has 114 valence electrons. The number of nitrogens with zero attached hydrogens (tertiary/aromatic N) is 3. The summed E-state index contributed by atoms with van der Waals surface area (Å²) in [4.78, 5) is 2.06. The zero-order chi connectivity index (χ0) is 15.5. The van der Waals surface area contributed by atoms with E-state index in [0.29, 0.717) is 32.7 Å². The molecule has 0 unspecified atom stereocenters. The van der Waals surface area contributed by atoms with Crippen LogP contribution in [0.15, 0.2) is 29.2 Å². The summed E-state index contributed by atoms with van der Waals surface area (Å²) in [5, 5.41) is 8.80. The van der Waals surface area contributed by atoms with E-state index in [1.54, 1.807) is 0 Å². The van der Waals surface area contributed by atoms with Crippen LogP contribution in [-0.4, -0.2) is 50.3 Å². The first-order valence-electron chi connectivity index (χ1n) is 6.81. The number of halogens is 1. The summed E-state index contributed by atoms with van der Waals surface area (Å²) in [6.07, 6.45) is 0. The second kappa shape index (κ2) is 6.52. The van der Waals surface area contributed by atoms with E-state index < -0.39 is 15.8 Å². The maximum Gasteiger partial charge on any atom is 0.243 e.